The molecule has 0 aromatic heterocycles. The van der Waals surface area contributed by atoms with E-state index in [2.05, 4.69) is 52.2 Å². The van der Waals surface area contributed by atoms with Crippen molar-refractivity contribution in [2.45, 2.75) is 46.5 Å². The molecule has 0 N–H and O–H groups in total. The Morgan fingerprint density at radius 1 is 1.15 bits per heavy atom. The van der Waals surface area contributed by atoms with Crippen LogP contribution in [0.4, 0.5) is 0 Å². The maximum atomic E-state index is 6.01. The average Bonchev–Trinajstić information content (AvgIpc) is 2.34. The third-order valence-electron chi connectivity index (χ3n) is 3.17. The molecular weight excluding hydrogens is 264 g/mol. The Morgan fingerprint density at radius 3 is 2.30 bits per heavy atom. The molecule has 0 saturated carbocycles. The van der Waals surface area contributed by atoms with Crippen LogP contribution in [0.3, 0.4) is 0 Å². The zero-order valence-corrected chi connectivity index (χ0v) is 14.5. The van der Waals surface area contributed by atoms with Crippen molar-refractivity contribution in [1.29, 1.82) is 0 Å². The lowest BCUT2D eigenvalue weighted by Crippen LogP contribution is -2.30. The van der Waals surface area contributed by atoms with Gasteiger partial charge in [0.15, 0.2) is 0 Å². The number of ether oxygens (including phenoxy) is 1. The van der Waals surface area contributed by atoms with Gasteiger partial charge in [-0.05, 0) is 31.6 Å². The predicted molar refractivity (Wildman–Crippen MR) is 88.1 cm³/mol. The Labute approximate surface area is 124 Å². The molecule has 112 valence electrons. The van der Waals surface area contributed by atoms with Crippen molar-refractivity contribution < 1.29 is 9.16 Å². The van der Waals surface area contributed by atoms with E-state index in [1.807, 2.05) is 18.2 Å². The van der Waals surface area contributed by atoms with Crippen LogP contribution in [0, 0.1) is 5.41 Å². The van der Waals surface area contributed by atoms with Crippen LogP contribution in [0.25, 0.3) is 0 Å². The second-order valence-electron chi connectivity index (χ2n) is 6.81. The number of benzene rings is 1. The Balaban J connectivity index is 2.34. The summed E-state index contributed by atoms with van der Waals surface area (Å²) in [6.45, 7) is 16.4. The highest BCUT2D eigenvalue weighted by molar-refractivity contribution is 6.70. The van der Waals surface area contributed by atoms with E-state index in [-0.39, 0.29) is 5.41 Å². The van der Waals surface area contributed by atoms with Crippen LogP contribution in [0.5, 0.6) is 0 Å². The van der Waals surface area contributed by atoms with Gasteiger partial charge in [0, 0.05) is 12.0 Å². The molecule has 0 saturated heterocycles. The van der Waals surface area contributed by atoms with Crippen LogP contribution in [0.2, 0.25) is 19.6 Å². The van der Waals surface area contributed by atoms with Gasteiger partial charge in [-0.2, -0.15) is 0 Å². The van der Waals surface area contributed by atoms with Crippen molar-refractivity contribution in [3.05, 3.63) is 48.2 Å². The first-order valence-corrected chi connectivity index (χ1v) is 10.6. The Hall–Kier alpha value is -1.06. The van der Waals surface area contributed by atoms with Crippen molar-refractivity contribution >= 4 is 8.32 Å². The van der Waals surface area contributed by atoms with Crippen molar-refractivity contribution in [2.75, 3.05) is 6.61 Å². The van der Waals surface area contributed by atoms with E-state index in [9.17, 15) is 0 Å². The average molecular weight is 292 g/mol. The maximum Gasteiger partial charge on any atom is 0.241 e. The minimum Gasteiger partial charge on any atom is -0.547 e. The lowest BCUT2D eigenvalue weighted by Gasteiger charge is -2.32. The van der Waals surface area contributed by atoms with Crippen LogP contribution in [-0.4, -0.2) is 14.9 Å². The molecule has 0 radical (unpaired) electrons. The Bertz CT molecular complexity index is 418. The van der Waals surface area contributed by atoms with E-state index in [4.69, 9.17) is 9.16 Å². The normalized spacial score (nSPS) is 12.2. The summed E-state index contributed by atoms with van der Waals surface area (Å²) in [5.41, 5.74) is 1.17. The molecule has 0 spiro atoms. The molecule has 1 rings (SSSR count). The second-order valence-corrected chi connectivity index (χ2v) is 11.2. The molecular formula is C17H28O2Si. The fourth-order valence-corrected chi connectivity index (χ4v) is 2.75. The SMILES string of the molecule is C=C(O[Si](C)(C)C)C(C)(C)CCOCc1ccccc1. The van der Waals surface area contributed by atoms with Gasteiger partial charge in [-0.3, -0.25) is 0 Å². The molecule has 0 aliphatic carbocycles. The molecule has 0 bridgehead atoms. The Kier molecular flexibility index (Phi) is 6.02. The smallest absolute Gasteiger partial charge is 0.241 e. The van der Waals surface area contributed by atoms with Crippen molar-refractivity contribution in [3.63, 3.8) is 0 Å². The monoisotopic (exact) mass is 292 g/mol. The van der Waals surface area contributed by atoms with E-state index < -0.39 is 8.32 Å². The number of hydrogen-bond donors (Lipinski definition) is 0. The van der Waals surface area contributed by atoms with Crippen LogP contribution in [0.1, 0.15) is 25.8 Å². The van der Waals surface area contributed by atoms with Crippen LogP contribution < -0.4 is 0 Å². The molecule has 0 atom stereocenters. The molecule has 20 heavy (non-hydrogen) atoms. The van der Waals surface area contributed by atoms with E-state index in [0.29, 0.717) is 6.61 Å². The standard InChI is InChI=1S/C17H28O2Si/c1-15(19-20(4,5)6)17(2,3)12-13-18-14-16-10-8-7-9-11-16/h7-11H,1,12-14H2,2-6H3. The molecule has 0 aliphatic rings. The van der Waals surface area contributed by atoms with Gasteiger partial charge < -0.3 is 9.16 Å². The molecule has 0 aliphatic heterocycles. The zero-order valence-electron chi connectivity index (χ0n) is 13.5. The van der Waals surface area contributed by atoms with Gasteiger partial charge >= 0.3 is 0 Å². The van der Waals surface area contributed by atoms with Crippen molar-refractivity contribution in [1.82, 2.24) is 0 Å². The number of hydrogen-bond acceptors (Lipinski definition) is 2. The van der Waals surface area contributed by atoms with Crippen molar-refractivity contribution in [3.8, 4) is 0 Å². The van der Waals surface area contributed by atoms with Crippen LogP contribution >= 0.6 is 0 Å². The third-order valence-corrected chi connectivity index (χ3v) is 4.03. The quantitative estimate of drug-likeness (QED) is 0.382. The zero-order chi connectivity index (χ0) is 15.2. The molecule has 1 aromatic carbocycles. The minimum absolute atomic E-state index is 0.0447. The number of allylic oxidation sites excluding steroid dienone is 1. The highest BCUT2D eigenvalue weighted by Gasteiger charge is 2.27. The predicted octanol–water partition coefficient (Wildman–Crippen LogP) is 4.98. The summed E-state index contributed by atoms with van der Waals surface area (Å²) in [6, 6.07) is 10.2. The minimum atomic E-state index is -1.57. The van der Waals surface area contributed by atoms with Crippen molar-refractivity contribution in [2.24, 2.45) is 5.41 Å². The first-order chi connectivity index (χ1) is 9.21. The van der Waals surface area contributed by atoms with E-state index in [0.717, 1.165) is 18.8 Å². The van der Waals surface area contributed by atoms with E-state index >= 15 is 0 Å². The molecule has 0 fully saturated rings. The summed E-state index contributed by atoms with van der Waals surface area (Å²) in [4.78, 5) is 0. The van der Waals surface area contributed by atoms with Gasteiger partial charge in [-0.15, -0.1) is 0 Å². The molecule has 0 unspecified atom stereocenters. The largest absolute Gasteiger partial charge is 0.547 e. The second kappa shape index (κ2) is 7.09. The fourth-order valence-electron chi connectivity index (χ4n) is 1.74. The van der Waals surface area contributed by atoms with Gasteiger partial charge in [-0.1, -0.05) is 50.8 Å². The van der Waals surface area contributed by atoms with Gasteiger partial charge in [-0.25, -0.2) is 0 Å². The summed E-state index contributed by atoms with van der Waals surface area (Å²) in [7, 11) is -1.57. The molecule has 0 heterocycles. The number of rotatable bonds is 8. The summed E-state index contributed by atoms with van der Waals surface area (Å²) >= 11 is 0. The lowest BCUT2D eigenvalue weighted by molar-refractivity contribution is 0.0907. The van der Waals surface area contributed by atoms with Crippen LogP contribution in [-0.2, 0) is 15.8 Å². The summed E-state index contributed by atoms with van der Waals surface area (Å²) in [5, 5.41) is 0. The van der Waals surface area contributed by atoms with Crippen LogP contribution in [0.15, 0.2) is 42.7 Å². The topological polar surface area (TPSA) is 18.5 Å². The highest BCUT2D eigenvalue weighted by atomic mass is 28.4. The summed E-state index contributed by atoms with van der Waals surface area (Å²) < 4.78 is 11.8. The molecule has 2 nitrogen and oxygen atoms in total. The molecule has 1 aromatic rings. The van der Waals surface area contributed by atoms with Gasteiger partial charge in [0.2, 0.25) is 8.32 Å². The maximum absolute atomic E-state index is 6.01. The molecule has 0 amide bonds. The lowest BCUT2D eigenvalue weighted by atomic mass is 9.88. The Morgan fingerprint density at radius 2 is 1.75 bits per heavy atom. The van der Waals surface area contributed by atoms with E-state index in [1.54, 1.807) is 0 Å². The van der Waals surface area contributed by atoms with Gasteiger partial charge in [0.25, 0.3) is 0 Å². The highest BCUT2D eigenvalue weighted by Crippen LogP contribution is 2.32. The first-order valence-electron chi connectivity index (χ1n) is 7.21. The fraction of sp³-hybridized carbons (Fsp3) is 0.529. The van der Waals surface area contributed by atoms with E-state index in [1.165, 1.54) is 5.56 Å². The molecule has 3 heteroatoms. The first kappa shape index (κ1) is 17.0. The van der Waals surface area contributed by atoms with Gasteiger partial charge in [0.05, 0.1) is 12.4 Å². The third kappa shape index (κ3) is 6.39. The summed E-state index contributed by atoms with van der Waals surface area (Å²) in [5.74, 6) is 0.889. The summed E-state index contributed by atoms with van der Waals surface area (Å²) in [6.07, 6.45) is 0.920. The van der Waals surface area contributed by atoms with Gasteiger partial charge in [0.1, 0.15) is 0 Å².